The van der Waals surface area contributed by atoms with Crippen LogP contribution in [-0.2, 0) is 6.42 Å². The number of carbonyl (C=O) groups is 1. The van der Waals surface area contributed by atoms with Crippen molar-refractivity contribution >= 4 is 11.5 Å². The van der Waals surface area contributed by atoms with Gasteiger partial charge in [0.15, 0.2) is 5.78 Å². The SMILES string of the molecule is Cc1nc2c(c(C)c1N)C(=O)CCC2. The summed E-state index contributed by atoms with van der Waals surface area (Å²) in [5.74, 6) is 0.197. The zero-order chi connectivity index (χ0) is 10.3. The van der Waals surface area contributed by atoms with Gasteiger partial charge in [-0.25, -0.2) is 0 Å². The van der Waals surface area contributed by atoms with E-state index in [0.29, 0.717) is 12.1 Å². The molecule has 14 heavy (non-hydrogen) atoms. The number of fused-ring (bicyclic) bond motifs is 1. The van der Waals surface area contributed by atoms with Crippen molar-refractivity contribution in [2.45, 2.75) is 33.1 Å². The maximum atomic E-state index is 11.7. The number of hydrogen-bond acceptors (Lipinski definition) is 3. The van der Waals surface area contributed by atoms with E-state index in [4.69, 9.17) is 5.73 Å². The average Bonchev–Trinajstić information content (AvgIpc) is 2.14. The highest BCUT2D eigenvalue weighted by Crippen LogP contribution is 2.27. The van der Waals surface area contributed by atoms with Gasteiger partial charge in [0.1, 0.15) is 0 Å². The number of carbonyl (C=O) groups excluding carboxylic acids is 1. The van der Waals surface area contributed by atoms with Crippen LogP contribution in [0.15, 0.2) is 0 Å². The van der Waals surface area contributed by atoms with Gasteiger partial charge in [0, 0.05) is 12.0 Å². The number of anilines is 1. The lowest BCUT2D eigenvalue weighted by Gasteiger charge is -2.18. The summed E-state index contributed by atoms with van der Waals surface area (Å²) in [5.41, 5.74) is 9.99. The Hall–Kier alpha value is -1.38. The second-order valence-corrected chi connectivity index (χ2v) is 3.83. The Kier molecular flexibility index (Phi) is 2.02. The predicted molar refractivity (Wildman–Crippen MR) is 55.4 cm³/mol. The van der Waals surface area contributed by atoms with Gasteiger partial charge in [0.25, 0.3) is 0 Å². The maximum Gasteiger partial charge on any atom is 0.165 e. The van der Waals surface area contributed by atoms with Crippen molar-refractivity contribution in [3.8, 4) is 0 Å². The van der Waals surface area contributed by atoms with Crippen LogP contribution in [0.5, 0.6) is 0 Å². The topological polar surface area (TPSA) is 56.0 Å². The first kappa shape index (κ1) is 9.19. The molecule has 1 aromatic heterocycles. The Morgan fingerprint density at radius 2 is 2.00 bits per heavy atom. The van der Waals surface area contributed by atoms with Crippen molar-refractivity contribution in [1.82, 2.24) is 4.98 Å². The van der Waals surface area contributed by atoms with Gasteiger partial charge in [0.2, 0.25) is 0 Å². The first-order valence-corrected chi connectivity index (χ1v) is 4.90. The molecule has 0 bridgehead atoms. The molecule has 0 saturated heterocycles. The minimum Gasteiger partial charge on any atom is -0.397 e. The van der Waals surface area contributed by atoms with Crippen LogP contribution in [0.1, 0.15) is 40.2 Å². The highest BCUT2D eigenvalue weighted by atomic mass is 16.1. The maximum absolute atomic E-state index is 11.7. The molecule has 2 rings (SSSR count). The Morgan fingerprint density at radius 3 is 2.71 bits per heavy atom. The molecule has 74 valence electrons. The molecule has 3 nitrogen and oxygen atoms in total. The van der Waals surface area contributed by atoms with E-state index >= 15 is 0 Å². The summed E-state index contributed by atoms with van der Waals surface area (Å²) in [5, 5.41) is 0. The fourth-order valence-electron chi connectivity index (χ4n) is 2.03. The van der Waals surface area contributed by atoms with Gasteiger partial charge < -0.3 is 5.73 Å². The molecule has 1 heterocycles. The number of ketones is 1. The number of nitrogens with two attached hydrogens (primary N) is 1. The van der Waals surface area contributed by atoms with Crippen LogP contribution in [0, 0.1) is 13.8 Å². The average molecular weight is 190 g/mol. The van der Waals surface area contributed by atoms with Crippen LogP contribution in [0.25, 0.3) is 0 Å². The third kappa shape index (κ3) is 1.20. The Morgan fingerprint density at radius 1 is 1.29 bits per heavy atom. The van der Waals surface area contributed by atoms with E-state index in [0.717, 1.165) is 35.4 Å². The molecule has 0 aliphatic heterocycles. The zero-order valence-corrected chi connectivity index (χ0v) is 8.55. The van der Waals surface area contributed by atoms with E-state index in [2.05, 4.69) is 4.98 Å². The van der Waals surface area contributed by atoms with Gasteiger partial charge in [-0.15, -0.1) is 0 Å². The molecule has 2 N–H and O–H groups in total. The Labute approximate surface area is 83.3 Å². The first-order valence-electron chi connectivity index (χ1n) is 4.90. The van der Waals surface area contributed by atoms with Gasteiger partial charge in [-0.05, 0) is 32.3 Å². The minimum absolute atomic E-state index is 0.197. The Bertz CT molecular complexity index is 410. The molecule has 0 fully saturated rings. The van der Waals surface area contributed by atoms with Crippen molar-refractivity contribution in [2.75, 3.05) is 5.73 Å². The molecule has 0 spiro atoms. The third-order valence-corrected chi connectivity index (χ3v) is 2.86. The molecule has 0 amide bonds. The number of nitrogen functional groups attached to an aromatic ring is 1. The number of hydrogen-bond donors (Lipinski definition) is 1. The van der Waals surface area contributed by atoms with Crippen molar-refractivity contribution in [1.29, 1.82) is 0 Å². The van der Waals surface area contributed by atoms with E-state index in [1.165, 1.54) is 0 Å². The van der Waals surface area contributed by atoms with Gasteiger partial charge in [-0.1, -0.05) is 0 Å². The van der Waals surface area contributed by atoms with Crippen molar-refractivity contribution < 1.29 is 4.79 Å². The van der Waals surface area contributed by atoms with Gasteiger partial charge in [0.05, 0.1) is 17.1 Å². The van der Waals surface area contributed by atoms with E-state index in [1.54, 1.807) is 0 Å². The monoisotopic (exact) mass is 190 g/mol. The van der Waals surface area contributed by atoms with Gasteiger partial charge in [-0.2, -0.15) is 0 Å². The van der Waals surface area contributed by atoms with Crippen LogP contribution in [-0.4, -0.2) is 10.8 Å². The van der Waals surface area contributed by atoms with Crippen LogP contribution >= 0.6 is 0 Å². The summed E-state index contributed by atoms with van der Waals surface area (Å²) >= 11 is 0. The number of pyridine rings is 1. The molecule has 3 heteroatoms. The van der Waals surface area contributed by atoms with Crippen LogP contribution in [0.3, 0.4) is 0 Å². The summed E-state index contributed by atoms with van der Waals surface area (Å²) in [7, 11) is 0. The van der Waals surface area contributed by atoms with E-state index in [-0.39, 0.29) is 5.78 Å². The molecule has 1 aliphatic rings. The van der Waals surface area contributed by atoms with E-state index in [1.807, 2.05) is 13.8 Å². The van der Waals surface area contributed by atoms with Crippen molar-refractivity contribution in [2.24, 2.45) is 0 Å². The normalized spacial score (nSPS) is 15.4. The quantitative estimate of drug-likeness (QED) is 0.678. The van der Waals surface area contributed by atoms with Crippen LogP contribution in [0.4, 0.5) is 5.69 Å². The summed E-state index contributed by atoms with van der Waals surface area (Å²) < 4.78 is 0. The molecule has 0 radical (unpaired) electrons. The second kappa shape index (κ2) is 3.08. The molecule has 0 aromatic carbocycles. The van der Waals surface area contributed by atoms with Crippen molar-refractivity contribution in [3.05, 3.63) is 22.5 Å². The standard InChI is InChI=1S/C11H14N2O/c1-6-10-8(4-3-5-9(10)14)13-7(2)11(6)12/h3-5,12H2,1-2H3. The fraction of sp³-hybridized carbons (Fsp3) is 0.455. The predicted octanol–water partition coefficient (Wildman–Crippen LogP) is 1.80. The van der Waals surface area contributed by atoms with Gasteiger partial charge in [-0.3, -0.25) is 9.78 Å². The lowest BCUT2D eigenvalue weighted by molar-refractivity contribution is 0.0971. The molecule has 1 aliphatic carbocycles. The highest BCUT2D eigenvalue weighted by molar-refractivity contribution is 6.00. The fourth-order valence-corrected chi connectivity index (χ4v) is 2.03. The summed E-state index contributed by atoms with van der Waals surface area (Å²) in [6.45, 7) is 3.80. The molecular weight excluding hydrogens is 176 g/mol. The van der Waals surface area contributed by atoms with E-state index in [9.17, 15) is 4.79 Å². The Balaban J connectivity index is 2.70. The number of aryl methyl sites for hydroxylation is 2. The van der Waals surface area contributed by atoms with Crippen LogP contribution < -0.4 is 5.73 Å². The molecule has 1 aromatic rings. The first-order chi connectivity index (χ1) is 6.61. The van der Waals surface area contributed by atoms with Crippen LogP contribution in [0.2, 0.25) is 0 Å². The highest BCUT2D eigenvalue weighted by Gasteiger charge is 2.22. The largest absolute Gasteiger partial charge is 0.397 e. The summed E-state index contributed by atoms with van der Waals surface area (Å²) in [6.07, 6.45) is 2.46. The molecule has 0 atom stereocenters. The molecular formula is C11H14N2O. The molecule has 0 unspecified atom stereocenters. The number of aromatic nitrogens is 1. The number of Topliss-reactive ketones (excluding diaryl/α,β-unsaturated/α-hetero) is 1. The molecule has 0 saturated carbocycles. The lowest BCUT2D eigenvalue weighted by Crippen LogP contribution is -2.17. The third-order valence-electron chi connectivity index (χ3n) is 2.86. The zero-order valence-electron chi connectivity index (χ0n) is 8.55. The number of nitrogens with zero attached hydrogens (tertiary/aromatic N) is 1. The van der Waals surface area contributed by atoms with Gasteiger partial charge >= 0.3 is 0 Å². The minimum atomic E-state index is 0.197. The lowest BCUT2D eigenvalue weighted by atomic mass is 9.90. The summed E-state index contributed by atoms with van der Waals surface area (Å²) in [6, 6.07) is 0. The van der Waals surface area contributed by atoms with E-state index < -0.39 is 0 Å². The number of rotatable bonds is 0. The van der Waals surface area contributed by atoms with Crippen molar-refractivity contribution in [3.63, 3.8) is 0 Å². The summed E-state index contributed by atoms with van der Waals surface area (Å²) in [4.78, 5) is 16.1. The smallest absolute Gasteiger partial charge is 0.165 e. The second-order valence-electron chi connectivity index (χ2n) is 3.83.